The SMILES string of the molecule is CCOC(=O)c1sc(C(C)NC(=NC)NCC(C)N(C)c2ccccc2)nc1C.I. The number of benzene rings is 1. The highest BCUT2D eigenvalue weighted by Crippen LogP contribution is 2.24. The van der Waals surface area contributed by atoms with Gasteiger partial charge in [-0.15, -0.1) is 35.3 Å². The molecule has 0 fully saturated rings. The van der Waals surface area contributed by atoms with E-state index < -0.39 is 0 Å². The van der Waals surface area contributed by atoms with Crippen molar-refractivity contribution in [3.8, 4) is 0 Å². The molecule has 0 spiro atoms. The molecule has 0 aliphatic rings. The Balaban J connectivity index is 0.00000450. The summed E-state index contributed by atoms with van der Waals surface area (Å²) in [6, 6.07) is 10.5. The van der Waals surface area contributed by atoms with Crippen molar-refractivity contribution in [3.05, 3.63) is 45.9 Å². The number of guanidine groups is 1. The molecule has 9 heteroatoms. The summed E-state index contributed by atoms with van der Waals surface area (Å²) >= 11 is 1.36. The van der Waals surface area contributed by atoms with E-state index in [0.717, 1.165) is 11.6 Å². The van der Waals surface area contributed by atoms with Crippen LogP contribution in [0.2, 0.25) is 0 Å². The molecule has 2 unspecified atom stereocenters. The maximum atomic E-state index is 12.0. The van der Waals surface area contributed by atoms with Gasteiger partial charge in [0.15, 0.2) is 5.96 Å². The van der Waals surface area contributed by atoms with Crippen molar-refractivity contribution in [3.63, 3.8) is 0 Å². The number of aliphatic imine (C=N–C) groups is 1. The van der Waals surface area contributed by atoms with E-state index in [1.54, 1.807) is 14.0 Å². The molecule has 1 heterocycles. The molecule has 1 aromatic heterocycles. The minimum atomic E-state index is -0.318. The topological polar surface area (TPSA) is 78.8 Å². The van der Waals surface area contributed by atoms with E-state index in [0.29, 0.717) is 23.1 Å². The van der Waals surface area contributed by atoms with Gasteiger partial charge in [0.05, 0.1) is 18.3 Å². The first-order valence-corrected chi connectivity index (χ1v) is 10.6. The van der Waals surface area contributed by atoms with Crippen molar-refractivity contribution in [2.45, 2.75) is 39.8 Å². The van der Waals surface area contributed by atoms with Gasteiger partial charge in [-0.05, 0) is 39.8 Å². The Hall–Kier alpha value is -1.88. The molecule has 0 bridgehead atoms. The van der Waals surface area contributed by atoms with E-state index >= 15 is 0 Å². The van der Waals surface area contributed by atoms with Gasteiger partial charge < -0.3 is 20.3 Å². The Morgan fingerprint density at radius 3 is 2.57 bits per heavy atom. The lowest BCUT2D eigenvalue weighted by Crippen LogP contribution is -2.45. The molecule has 30 heavy (non-hydrogen) atoms. The third-order valence-corrected chi connectivity index (χ3v) is 5.93. The number of nitrogens with zero attached hydrogens (tertiary/aromatic N) is 3. The molecule has 0 amide bonds. The van der Waals surface area contributed by atoms with Crippen LogP contribution in [0.25, 0.3) is 0 Å². The molecule has 166 valence electrons. The number of carbonyl (C=O) groups excluding carboxylic acids is 1. The van der Waals surface area contributed by atoms with Crippen LogP contribution in [0.5, 0.6) is 0 Å². The average Bonchev–Trinajstić information content (AvgIpc) is 3.12. The fourth-order valence-corrected chi connectivity index (χ4v) is 3.71. The van der Waals surface area contributed by atoms with Crippen molar-refractivity contribution in [1.82, 2.24) is 15.6 Å². The van der Waals surface area contributed by atoms with Gasteiger partial charge in [-0.25, -0.2) is 9.78 Å². The van der Waals surface area contributed by atoms with Crippen molar-refractivity contribution < 1.29 is 9.53 Å². The summed E-state index contributed by atoms with van der Waals surface area (Å²) in [4.78, 5) is 23.6. The zero-order valence-electron chi connectivity index (χ0n) is 18.4. The molecule has 0 saturated carbocycles. The number of hydrogen-bond donors (Lipinski definition) is 2. The molecular weight excluding hydrogens is 513 g/mol. The quantitative estimate of drug-likeness (QED) is 0.226. The van der Waals surface area contributed by atoms with Gasteiger partial charge in [0.2, 0.25) is 0 Å². The number of ether oxygens (including phenoxy) is 1. The highest BCUT2D eigenvalue weighted by atomic mass is 127. The lowest BCUT2D eigenvalue weighted by molar-refractivity contribution is 0.0531. The van der Waals surface area contributed by atoms with Gasteiger partial charge in [-0.1, -0.05) is 18.2 Å². The van der Waals surface area contributed by atoms with Crippen LogP contribution >= 0.6 is 35.3 Å². The number of anilines is 1. The number of para-hydroxylation sites is 1. The number of halogens is 1. The Morgan fingerprint density at radius 2 is 1.97 bits per heavy atom. The largest absolute Gasteiger partial charge is 0.462 e. The number of likely N-dealkylation sites (N-methyl/N-ethyl adjacent to an activating group) is 1. The predicted molar refractivity (Wildman–Crippen MR) is 135 cm³/mol. The van der Waals surface area contributed by atoms with Crippen molar-refractivity contribution in [1.29, 1.82) is 0 Å². The van der Waals surface area contributed by atoms with Crippen molar-refractivity contribution in [2.75, 3.05) is 32.1 Å². The molecule has 2 N–H and O–H groups in total. The molecule has 2 atom stereocenters. The van der Waals surface area contributed by atoms with Crippen molar-refractivity contribution in [2.24, 2.45) is 4.99 Å². The summed E-state index contributed by atoms with van der Waals surface area (Å²) < 4.78 is 5.10. The molecule has 0 radical (unpaired) electrons. The van der Waals surface area contributed by atoms with Crippen LogP contribution in [-0.2, 0) is 4.74 Å². The summed E-state index contributed by atoms with van der Waals surface area (Å²) in [5.74, 6) is 0.373. The normalized spacial score (nSPS) is 13.1. The fourth-order valence-electron chi connectivity index (χ4n) is 2.75. The predicted octanol–water partition coefficient (Wildman–Crippen LogP) is 4.00. The highest BCUT2D eigenvalue weighted by Gasteiger charge is 2.20. The monoisotopic (exact) mass is 545 g/mol. The Kier molecular flexibility index (Phi) is 11.1. The maximum Gasteiger partial charge on any atom is 0.350 e. The number of esters is 1. The minimum absolute atomic E-state index is 0. The van der Waals surface area contributed by atoms with Gasteiger partial charge >= 0.3 is 5.97 Å². The molecule has 0 aliphatic heterocycles. The van der Waals surface area contributed by atoms with Crippen LogP contribution in [0.3, 0.4) is 0 Å². The number of aromatic nitrogens is 1. The Bertz CT molecular complexity index is 828. The van der Waals surface area contributed by atoms with Crippen molar-refractivity contribution >= 4 is 52.9 Å². The third kappa shape index (κ3) is 7.12. The molecule has 1 aromatic carbocycles. The smallest absolute Gasteiger partial charge is 0.350 e. The third-order valence-electron chi connectivity index (χ3n) is 4.61. The van der Waals surface area contributed by atoms with Crippen LogP contribution in [0, 0.1) is 6.92 Å². The molecule has 0 aliphatic carbocycles. The van der Waals surface area contributed by atoms with E-state index in [4.69, 9.17) is 4.74 Å². The molecule has 2 rings (SSSR count). The van der Waals surface area contributed by atoms with Gasteiger partial charge in [-0.3, -0.25) is 4.99 Å². The van der Waals surface area contributed by atoms with E-state index in [1.165, 1.54) is 17.0 Å². The number of carbonyl (C=O) groups is 1. The Labute approximate surface area is 200 Å². The number of rotatable bonds is 8. The standard InChI is InChI=1S/C21H31N5O2S.HI/c1-7-28-20(27)18-15(3)24-19(29-18)16(4)25-21(22-5)23-13-14(2)26(6)17-11-9-8-10-12-17;/h8-12,14,16H,7,13H2,1-6H3,(H2,22,23,25);1H. The van der Waals surface area contributed by atoms with Gasteiger partial charge in [-0.2, -0.15) is 0 Å². The van der Waals surface area contributed by atoms with E-state index in [2.05, 4.69) is 51.6 Å². The van der Waals surface area contributed by atoms with Crippen LogP contribution in [-0.4, -0.2) is 50.2 Å². The fraction of sp³-hybridized carbons (Fsp3) is 0.476. The number of nitrogens with one attached hydrogen (secondary N) is 2. The molecule has 7 nitrogen and oxygen atoms in total. The number of thiazole rings is 1. The summed E-state index contributed by atoms with van der Waals surface area (Å²) in [5.41, 5.74) is 1.86. The first-order chi connectivity index (χ1) is 13.9. The summed E-state index contributed by atoms with van der Waals surface area (Å²) in [7, 11) is 3.82. The van der Waals surface area contributed by atoms with E-state index in [9.17, 15) is 4.79 Å². The van der Waals surface area contributed by atoms with Crippen LogP contribution in [0.1, 0.15) is 47.2 Å². The summed E-state index contributed by atoms with van der Waals surface area (Å²) in [5, 5.41) is 7.53. The number of aryl methyl sites for hydroxylation is 1. The summed E-state index contributed by atoms with van der Waals surface area (Å²) in [6.07, 6.45) is 0. The van der Waals surface area contributed by atoms with E-state index in [-0.39, 0.29) is 42.0 Å². The van der Waals surface area contributed by atoms with Gasteiger partial charge in [0.1, 0.15) is 9.88 Å². The van der Waals surface area contributed by atoms with E-state index in [1.807, 2.05) is 32.0 Å². The lowest BCUT2D eigenvalue weighted by atomic mass is 10.2. The summed E-state index contributed by atoms with van der Waals surface area (Å²) in [6.45, 7) is 8.86. The lowest BCUT2D eigenvalue weighted by Gasteiger charge is -2.28. The second-order valence-corrected chi connectivity index (χ2v) is 7.83. The van der Waals surface area contributed by atoms with Crippen LogP contribution < -0.4 is 15.5 Å². The van der Waals surface area contributed by atoms with Crippen LogP contribution in [0.4, 0.5) is 5.69 Å². The second kappa shape index (κ2) is 12.7. The maximum absolute atomic E-state index is 12.0. The second-order valence-electron chi connectivity index (χ2n) is 6.80. The molecule has 2 aromatic rings. The first kappa shape index (κ1) is 26.2. The zero-order chi connectivity index (χ0) is 21.4. The van der Waals surface area contributed by atoms with Gasteiger partial charge in [0.25, 0.3) is 0 Å². The van der Waals surface area contributed by atoms with Gasteiger partial charge in [0, 0.05) is 32.4 Å². The average molecular weight is 545 g/mol. The zero-order valence-corrected chi connectivity index (χ0v) is 21.6. The minimum Gasteiger partial charge on any atom is -0.462 e. The highest BCUT2D eigenvalue weighted by molar-refractivity contribution is 14.0. The molecular formula is C21H32IN5O2S. The number of hydrogen-bond acceptors (Lipinski definition) is 6. The Morgan fingerprint density at radius 1 is 1.30 bits per heavy atom. The van der Waals surface area contributed by atoms with Crippen LogP contribution in [0.15, 0.2) is 35.3 Å². The molecule has 0 saturated heterocycles. The first-order valence-electron chi connectivity index (χ1n) is 9.76.